The van der Waals surface area contributed by atoms with Crippen molar-refractivity contribution in [3.8, 4) is 22.3 Å². The first-order valence-corrected chi connectivity index (χ1v) is 35.7. The number of carbonyl (C=O) groups is 3. The van der Waals surface area contributed by atoms with Crippen LogP contribution in [0.3, 0.4) is 0 Å². The van der Waals surface area contributed by atoms with Crippen LogP contribution >= 0.6 is 31.9 Å². The lowest BCUT2D eigenvalue weighted by Crippen LogP contribution is -2.41. The number of alkyl carbamates (subject to hydrolysis) is 1. The molecule has 0 radical (unpaired) electrons. The molecule has 3 atom stereocenters. The number of benzene rings is 4. The molecule has 0 bridgehead atoms. The van der Waals surface area contributed by atoms with Gasteiger partial charge in [-0.2, -0.15) is 33.6 Å². The van der Waals surface area contributed by atoms with Gasteiger partial charge >= 0.3 is 31.3 Å². The third-order valence-corrected chi connectivity index (χ3v) is 19.4. The summed E-state index contributed by atoms with van der Waals surface area (Å²) in [5.74, 6) is -4.12. The predicted molar refractivity (Wildman–Crippen MR) is 399 cm³/mol. The van der Waals surface area contributed by atoms with Gasteiger partial charge in [-0.25, -0.2) is 27.2 Å². The molecule has 1 fully saturated rings. The van der Waals surface area contributed by atoms with Crippen molar-refractivity contribution in [3.63, 3.8) is 0 Å². The summed E-state index contributed by atoms with van der Waals surface area (Å²) in [7, 11) is 6.58. The van der Waals surface area contributed by atoms with E-state index in [0.29, 0.717) is 84.1 Å². The fourth-order valence-electron chi connectivity index (χ4n) is 12.1. The summed E-state index contributed by atoms with van der Waals surface area (Å²) in [5.41, 5.74) is 16.7. The first-order valence-electron chi connectivity index (χ1n) is 34.1. The maximum absolute atomic E-state index is 14.6. The predicted octanol–water partition coefficient (Wildman–Crippen LogP) is 14.5. The summed E-state index contributed by atoms with van der Waals surface area (Å²) < 4.78 is 136. The van der Waals surface area contributed by atoms with E-state index in [2.05, 4.69) is 72.5 Å². The first-order chi connectivity index (χ1) is 51.1. The summed E-state index contributed by atoms with van der Waals surface area (Å²) in [6.45, 7) is 21.6. The Morgan fingerprint density at radius 2 is 0.972 bits per heavy atom. The monoisotopic (exact) mass is 1640 g/mol. The van der Waals surface area contributed by atoms with E-state index in [9.17, 15) is 40.3 Å². The fraction of sp³-hybridized carbons (Fsp3) is 0.387. The summed E-state index contributed by atoms with van der Waals surface area (Å²) in [6, 6.07) is 12.8. The van der Waals surface area contributed by atoms with Crippen LogP contribution in [0.2, 0.25) is 0 Å². The lowest BCUT2D eigenvalue weighted by molar-refractivity contribution is -0.192. The van der Waals surface area contributed by atoms with E-state index in [1.165, 1.54) is 49.1 Å². The van der Waals surface area contributed by atoms with Gasteiger partial charge in [0.25, 0.3) is 0 Å². The van der Waals surface area contributed by atoms with E-state index in [4.69, 9.17) is 48.6 Å². The number of hydrogen-bond donors (Lipinski definition) is 3. The molecule has 109 heavy (non-hydrogen) atoms. The fourth-order valence-corrected chi connectivity index (χ4v) is 13.0. The van der Waals surface area contributed by atoms with Crippen molar-refractivity contribution in [2.75, 3.05) is 19.8 Å². The van der Waals surface area contributed by atoms with E-state index in [1.54, 1.807) is 98.7 Å². The molecular formula is C75H81BBr2F7N13O11. The molecule has 4 aliphatic heterocycles. The number of hydrogen-bond acceptors (Lipinski definition) is 18. The Hall–Kier alpha value is -9.29. The number of ether oxygens (including phenoxy) is 5. The second-order valence-electron chi connectivity index (χ2n) is 29.0. The minimum Gasteiger partial charge on any atom is -0.475 e. The second-order valence-corrected chi connectivity index (χ2v) is 30.8. The number of rotatable bonds is 6. The maximum atomic E-state index is 14.6. The average Bonchev–Trinajstić information content (AvgIpc) is 1.66. The van der Waals surface area contributed by atoms with Crippen molar-refractivity contribution >= 4 is 106 Å². The smallest absolute Gasteiger partial charge is 0.475 e. The lowest BCUT2D eigenvalue weighted by atomic mass is 9.78. The molecule has 15 rings (SSSR count). The molecule has 4 aromatic carbocycles. The summed E-state index contributed by atoms with van der Waals surface area (Å²) in [5, 5.41) is 28.3. The molecule has 11 heterocycles. The number of carboxylic acid groups (broad SMARTS) is 1. The van der Waals surface area contributed by atoms with Crippen molar-refractivity contribution in [2.24, 2.45) is 33.9 Å². The van der Waals surface area contributed by atoms with Gasteiger partial charge in [0.1, 0.15) is 34.5 Å². The van der Waals surface area contributed by atoms with Crippen LogP contribution in [-0.2, 0) is 90.6 Å². The quantitative estimate of drug-likeness (QED) is 0.0792. The number of aromatic nitrogens is 11. The lowest BCUT2D eigenvalue weighted by Gasteiger charge is -2.32. The van der Waals surface area contributed by atoms with Gasteiger partial charge < -0.3 is 49.2 Å². The largest absolute Gasteiger partial charge is 0.495 e. The number of halogens is 9. The number of esters is 1. The van der Waals surface area contributed by atoms with Crippen molar-refractivity contribution < 1.29 is 83.2 Å². The van der Waals surface area contributed by atoms with Crippen LogP contribution < -0.4 is 16.5 Å². The molecule has 1 saturated heterocycles. The van der Waals surface area contributed by atoms with Crippen LogP contribution in [0.15, 0.2) is 119 Å². The van der Waals surface area contributed by atoms with Crippen molar-refractivity contribution in [1.29, 1.82) is 0 Å². The van der Waals surface area contributed by atoms with Gasteiger partial charge in [0.05, 0.1) is 138 Å². The number of aryl methyl sites for hydroxylation is 4. The molecule has 7 aromatic heterocycles. The molecular weight excluding hydrogens is 1560 g/mol. The molecule has 11 aromatic rings. The normalized spacial score (nSPS) is 17.0. The number of amides is 1. The Morgan fingerprint density at radius 1 is 0.560 bits per heavy atom. The number of fused-ring (bicyclic) bond motifs is 7. The zero-order valence-electron chi connectivity index (χ0n) is 62.1. The van der Waals surface area contributed by atoms with E-state index < -0.39 is 53.8 Å². The Balaban J connectivity index is 0.000000145. The summed E-state index contributed by atoms with van der Waals surface area (Å²) in [6.07, 6.45) is 11.3. The highest BCUT2D eigenvalue weighted by Gasteiger charge is 2.52. The van der Waals surface area contributed by atoms with Crippen molar-refractivity contribution in [3.05, 3.63) is 176 Å². The molecule has 0 spiro atoms. The van der Waals surface area contributed by atoms with Crippen molar-refractivity contribution in [2.45, 2.75) is 142 Å². The van der Waals surface area contributed by atoms with Crippen molar-refractivity contribution in [1.82, 2.24) is 59.4 Å². The molecule has 0 saturated carbocycles. The van der Waals surface area contributed by atoms with Gasteiger partial charge in [0.2, 0.25) is 0 Å². The van der Waals surface area contributed by atoms with Gasteiger partial charge in [-0.05, 0) is 178 Å². The van der Waals surface area contributed by atoms with Crippen LogP contribution in [-0.4, -0.2) is 133 Å². The van der Waals surface area contributed by atoms with Gasteiger partial charge in [0.15, 0.2) is 0 Å². The zero-order valence-corrected chi connectivity index (χ0v) is 65.3. The first kappa shape index (κ1) is 82.2. The number of carboxylic acids is 1. The molecule has 24 nitrogen and oxygen atoms in total. The Bertz CT molecular complexity index is 5180. The van der Waals surface area contributed by atoms with E-state index >= 15 is 0 Å². The summed E-state index contributed by atoms with van der Waals surface area (Å²) >= 11 is 6.69. The van der Waals surface area contributed by atoms with Gasteiger partial charge in [-0.3, -0.25) is 38.5 Å². The Kier molecular flexibility index (Phi) is 25.0. The number of nitrogens with one attached hydrogen (secondary N) is 1. The molecule has 1 amide bonds. The number of aliphatic carboxylic acids is 1. The van der Waals surface area contributed by atoms with E-state index in [0.717, 1.165) is 75.6 Å². The molecule has 34 heteroatoms. The van der Waals surface area contributed by atoms with Crippen LogP contribution in [0.4, 0.5) is 35.5 Å². The number of alkyl halides is 3. The average molecular weight is 1640 g/mol. The number of carbonyl (C=O) groups excluding carboxylic acids is 2. The SMILES string of the molecule is CC(C)(C)OC(=O)CC1COCc2c(Br)cncc21.Cn1ncc2c(F)cc(-c3cncc4c3COCC4N)cc21.Cn1ncc2c(F)cc(-c3cncc4c3COCC4NC(=O)OC(C)(C)C)cc21.Cn1ncc2c(F)cc(B3OC(C)(C)C(C)(C)O3)cc21.Cn1ncc2c(F)cc(Br)cc21.O=C(O)C(F)(F)F. The minimum absolute atomic E-state index is 0.0172. The highest BCUT2D eigenvalue weighted by atomic mass is 79.9. The van der Waals surface area contributed by atoms with Crippen LogP contribution in [0.1, 0.15) is 127 Å². The molecule has 578 valence electrons. The Morgan fingerprint density at radius 3 is 1.47 bits per heavy atom. The summed E-state index contributed by atoms with van der Waals surface area (Å²) in [4.78, 5) is 45.8. The van der Waals surface area contributed by atoms with Gasteiger partial charge in [0, 0.05) is 96.9 Å². The third-order valence-electron chi connectivity index (χ3n) is 18.2. The zero-order chi connectivity index (χ0) is 79.6. The van der Waals surface area contributed by atoms with E-state index in [1.807, 2.05) is 78.9 Å². The van der Waals surface area contributed by atoms with Gasteiger partial charge in [-0.1, -0.05) is 15.9 Å². The van der Waals surface area contributed by atoms with Crippen LogP contribution in [0.5, 0.6) is 0 Å². The number of nitrogens with two attached hydrogens (primary N) is 1. The highest BCUT2D eigenvalue weighted by Crippen LogP contribution is 2.40. The van der Waals surface area contributed by atoms with Crippen LogP contribution in [0, 0.1) is 23.3 Å². The number of nitrogens with zero attached hydrogens (tertiary/aromatic N) is 11. The maximum Gasteiger partial charge on any atom is 0.495 e. The standard InChI is InChI=1S/C21H23FN4O3.C16H15FN4O.C14H18BFN2O2.C14H18BrNO3.C8H6BrFN2.C2HF3O2/c1-21(2,3)29-20(27)25-18-11-28-10-16-13(7-23-8-14(16)18)12-5-17(22)15-9-24-26(4)19(15)6-12;1-21-16-3-9(2-14(17)12(16)6-20-21)10-4-19-5-11-13(10)7-22-8-15(11)18;1-13(2)14(3,4)20-15(19-13)9-6-11(16)10-8-17-18(5)12(10)7-9;1-14(2,3)19-13(17)4-9-7-18-8-11-10(9)5-16-6-12(11)15;1-12-8-3-5(9)2-7(10)6(8)4-11-12;3-2(4,5)1(6)7/h5-9,18H,10-11H2,1-4H3,(H,25,27);2-6,15H,7-8,18H2,1H3;6-8H,1-5H3;5-6,9H,4,7-8H2,1-3H3;2-4H,1H3;(H,6,7). The molecule has 4 aliphatic rings. The van der Waals surface area contributed by atoms with E-state index in [-0.39, 0.29) is 41.2 Å². The van der Waals surface area contributed by atoms with Crippen LogP contribution in [0.25, 0.3) is 65.9 Å². The topological polar surface area (TPSA) is 284 Å². The highest BCUT2D eigenvalue weighted by molar-refractivity contribution is 9.10. The van der Waals surface area contributed by atoms with Gasteiger partial charge in [-0.15, -0.1) is 0 Å². The molecule has 4 N–H and O–H groups in total. The second kappa shape index (κ2) is 33.1. The third kappa shape index (κ3) is 19.5. The molecule has 0 aliphatic carbocycles. The molecule has 3 unspecified atom stereocenters. The number of pyridine rings is 3. The Labute approximate surface area is 639 Å². The minimum atomic E-state index is -5.08.